The smallest absolute Gasteiger partial charge is 0.250 e. The molecule has 3 aromatic carbocycles. The molecule has 2 saturated heterocycles. The van der Waals surface area contributed by atoms with E-state index in [1.165, 1.54) is 4.90 Å². The molecule has 3 aliphatic heterocycles. The van der Waals surface area contributed by atoms with Gasteiger partial charge in [0.15, 0.2) is 0 Å². The first-order valence-electron chi connectivity index (χ1n) is 10.9. The average molecular weight is 458 g/mol. The Hall–Kier alpha value is -3.48. The summed E-state index contributed by atoms with van der Waals surface area (Å²) in [5, 5.41) is 6.90. The Morgan fingerprint density at radius 1 is 0.848 bits per heavy atom. The molecule has 3 amide bonds. The quantitative estimate of drug-likeness (QED) is 0.590. The molecular weight excluding hydrogens is 438 g/mol. The van der Waals surface area contributed by atoms with Crippen molar-refractivity contribution in [3.05, 3.63) is 95.0 Å². The van der Waals surface area contributed by atoms with Gasteiger partial charge in [-0.1, -0.05) is 60.1 Å². The van der Waals surface area contributed by atoms with Gasteiger partial charge in [-0.25, -0.2) is 4.90 Å². The number of nitrogens with zero attached hydrogens (tertiary/aromatic N) is 1. The van der Waals surface area contributed by atoms with Gasteiger partial charge in [-0.2, -0.15) is 0 Å². The van der Waals surface area contributed by atoms with Gasteiger partial charge in [-0.15, -0.1) is 0 Å². The minimum Gasteiger partial charge on any atom is -0.324 e. The van der Waals surface area contributed by atoms with Crippen molar-refractivity contribution in [3.63, 3.8) is 0 Å². The van der Waals surface area contributed by atoms with Gasteiger partial charge in [0.05, 0.1) is 17.5 Å². The van der Waals surface area contributed by atoms with Crippen molar-refractivity contribution in [3.8, 4) is 0 Å². The van der Waals surface area contributed by atoms with Crippen molar-refractivity contribution >= 4 is 40.7 Å². The number of nitrogens with one attached hydrogen (secondary N) is 2. The standard InChI is InChI=1S/C26H20ClN3O3/c27-16-10-12-17(13-11-16)30-23(31)21-20(14-15-6-2-1-3-7-15)29-26(22(21)24(30)32)18-8-4-5-9-19(18)28-25(26)33/h1-13,20-22,29H,14H2,(H,28,33)/t20-,21+,22+,26-/m0/s1. The Morgan fingerprint density at radius 2 is 1.55 bits per heavy atom. The maximum atomic E-state index is 13.8. The second-order valence-electron chi connectivity index (χ2n) is 8.74. The molecule has 6 rings (SSSR count). The third-order valence-electron chi connectivity index (χ3n) is 7.01. The average Bonchev–Trinajstić information content (AvgIpc) is 3.40. The lowest BCUT2D eigenvalue weighted by atomic mass is 9.76. The number of benzene rings is 3. The molecule has 4 atom stereocenters. The van der Waals surface area contributed by atoms with Crippen LogP contribution in [0.15, 0.2) is 78.9 Å². The summed E-state index contributed by atoms with van der Waals surface area (Å²) in [5.74, 6) is -2.49. The van der Waals surface area contributed by atoms with E-state index in [9.17, 15) is 14.4 Å². The Labute approximate surface area is 195 Å². The second-order valence-corrected chi connectivity index (χ2v) is 9.18. The fourth-order valence-corrected chi connectivity index (χ4v) is 5.77. The largest absolute Gasteiger partial charge is 0.324 e. The topological polar surface area (TPSA) is 78.5 Å². The van der Waals surface area contributed by atoms with E-state index < -0.39 is 17.4 Å². The van der Waals surface area contributed by atoms with Crippen LogP contribution in [0.1, 0.15) is 11.1 Å². The number of imide groups is 1. The molecule has 3 aromatic rings. The number of fused-ring (bicyclic) bond motifs is 4. The first-order valence-corrected chi connectivity index (χ1v) is 11.2. The van der Waals surface area contributed by atoms with Crippen molar-refractivity contribution in [2.75, 3.05) is 10.2 Å². The number of carbonyl (C=O) groups excluding carboxylic acids is 3. The van der Waals surface area contributed by atoms with E-state index >= 15 is 0 Å². The summed E-state index contributed by atoms with van der Waals surface area (Å²) in [7, 11) is 0. The van der Waals surface area contributed by atoms with Gasteiger partial charge in [0.2, 0.25) is 17.7 Å². The van der Waals surface area contributed by atoms with Crippen LogP contribution in [0.5, 0.6) is 0 Å². The van der Waals surface area contributed by atoms with Crippen LogP contribution in [-0.4, -0.2) is 23.8 Å². The number of anilines is 2. The van der Waals surface area contributed by atoms with E-state index in [0.29, 0.717) is 28.4 Å². The van der Waals surface area contributed by atoms with E-state index in [4.69, 9.17) is 11.6 Å². The van der Waals surface area contributed by atoms with Gasteiger partial charge in [0.25, 0.3) is 0 Å². The summed E-state index contributed by atoms with van der Waals surface area (Å²) < 4.78 is 0. The molecule has 0 bridgehead atoms. The molecule has 33 heavy (non-hydrogen) atoms. The highest BCUT2D eigenvalue weighted by Gasteiger charge is 2.70. The van der Waals surface area contributed by atoms with E-state index in [0.717, 1.165) is 5.56 Å². The SMILES string of the molecule is O=C1[C@@H]2[C@H](Cc3ccccc3)N[C@]3(C(=O)Nc4ccccc43)[C@H]2C(=O)N1c1ccc(Cl)cc1. The van der Waals surface area contributed by atoms with Crippen LogP contribution in [0.3, 0.4) is 0 Å². The number of amides is 3. The number of carbonyl (C=O) groups is 3. The fourth-order valence-electron chi connectivity index (χ4n) is 5.65. The number of hydrogen-bond acceptors (Lipinski definition) is 4. The van der Waals surface area contributed by atoms with Crippen LogP contribution in [0.4, 0.5) is 11.4 Å². The maximum absolute atomic E-state index is 13.8. The molecule has 2 N–H and O–H groups in total. The summed E-state index contributed by atoms with van der Waals surface area (Å²) in [6, 6.07) is 23.4. The van der Waals surface area contributed by atoms with E-state index in [1.54, 1.807) is 24.3 Å². The third-order valence-corrected chi connectivity index (χ3v) is 7.26. The van der Waals surface area contributed by atoms with Crippen LogP contribution in [0.25, 0.3) is 0 Å². The Kier molecular flexibility index (Phi) is 4.44. The molecule has 6 nitrogen and oxygen atoms in total. The Balaban J connectivity index is 1.49. The molecular formula is C26H20ClN3O3. The van der Waals surface area contributed by atoms with Crippen LogP contribution in [-0.2, 0) is 26.3 Å². The molecule has 3 aliphatic rings. The zero-order chi connectivity index (χ0) is 22.7. The molecule has 0 unspecified atom stereocenters. The summed E-state index contributed by atoms with van der Waals surface area (Å²) >= 11 is 6.02. The van der Waals surface area contributed by atoms with E-state index in [2.05, 4.69) is 10.6 Å². The van der Waals surface area contributed by atoms with Crippen molar-refractivity contribution in [2.24, 2.45) is 11.8 Å². The van der Waals surface area contributed by atoms with E-state index in [1.807, 2.05) is 54.6 Å². The van der Waals surface area contributed by atoms with E-state index in [-0.39, 0.29) is 23.8 Å². The molecule has 2 fully saturated rings. The van der Waals surface area contributed by atoms with Gasteiger partial charge < -0.3 is 5.32 Å². The number of para-hydroxylation sites is 1. The van der Waals surface area contributed by atoms with Crippen molar-refractivity contribution < 1.29 is 14.4 Å². The molecule has 0 radical (unpaired) electrons. The molecule has 7 heteroatoms. The van der Waals surface area contributed by atoms with Crippen LogP contribution >= 0.6 is 11.6 Å². The summed E-state index contributed by atoms with van der Waals surface area (Å²) in [5.41, 5.74) is 1.57. The van der Waals surface area contributed by atoms with Crippen molar-refractivity contribution in [1.29, 1.82) is 0 Å². The zero-order valence-electron chi connectivity index (χ0n) is 17.5. The number of halogens is 1. The molecule has 0 saturated carbocycles. The molecule has 0 aliphatic carbocycles. The zero-order valence-corrected chi connectivity index (χ0v) is 18.3. The van der Waals surface area contributed by atoms with Crippen LogP contribution in [0.2, 0.25) is 5.02 Å². The summed E-state index contributed by atoms with van der Waals surface area (Å²) in [6.45, 7) is 0. The molecule has 164 valence electrons. The van der Waals surface area contributed by atoms with Gasteiger partial charge in [0, 0.05) is 22.3 Å². The highest BCUT2D eigenvalue weighted by Crippen LogP contribution is 2.53. The van der Waals surface area contributed by atoms with Gasteiger partial charge >= 0.3 is 0 Å². The van der Waals surface area contributed by atoms with Gasteiger partial charge in [0.1, 0.15) is 5.54 Å². The summed E-state index contributed by atoms with van der Waals surface area (Å²) in [6.07, 6.45) is 0.521. The maximum Gasteiger partial charge on any atom is 0.250 e. The Morgan fingerprint density at radius 3 is 2.30 bits per heavy atom. The first kappa shape index (κ1) is 20.1. The fraction of sp³-hybridized carbons (Fsp3) is 0.192. The van der Waals surface area contributed by atoms with Crippen molar-refractivity contribution in [2.45, 2.75) is 18.0 Å². The van der Waals surface area contributed by atoms with Crippen molar-refractivity contribution in [1.82, 2.24) is 5.32 Å². The predicted octanol–water partition coefficient (Wildman–Crippen LogP) is 3.51. The van der Waals surface area contributed by atoms with Crippen LogP contribution in [0, 0.1) is 11.8 Å². The lowest BCUT2D eigenvalue weighted by molar-refractivity contribution is -0.130. The van der Waals surface area contributed by atoms with Gasteiger partial charge in [-0.05, 0) is 42.3 Å². The second kappa shape index (κ2) is 7.27. The highest BCUT2D eigenvalue weighted by molar-refractivity contribution is 6.31. The lowest BCUT2D eigenvalue weighted by Crippen LogP contribution is -2.53. The van der Waals surface area contributed by atoms with Crippen LogP contribution < -0.4 is 15.5 Å². The lowest BCUT2D eigenvalue weighted by Gasteiger charge is -2.29. The normalized spacial score (nSPS) is 27.7. The summed E-state index contributed by atoms with van der Waals surface area (Å²) in [4.78, 5) is 42.3. The third kappa shape index (κ3) is 2.81. The highest BCUT2D eigenvalue weighted by atomic mass is 35.5. The molecule has 3 heterocycles. The minimum atomic E-state index is -1.30. The first-order chi connectivity index (χ1) is 16.0. The minimum absolute atomic E-state index is 0.296. The van der Waals surface area contributed by atoms with Gasteiger partial charge in [-0.3, -0.25) is 19.7 Å². The predicted molar refractivity (Wildman–Crippen MR) is 125 cm³/mol. The molecule has 1 spiro atoms. The monoisotopic (exact) mass is 457 g/mol. The molecule has 0 aromatic heterocycles. The Bertz CT molecular complexity index is 1290. The number of rotatable bonds is 3. The number of hydrogen-bond donors (Lipinski definition) is 2.